The predicted octanol–water partition coefficient (Wildman–Crippen LogP) is 1.34. The second-order valence-corrected chi connectivity index (χ2v) is 4.40. The van der Waals surface area contributed by atoms with E-state index in [-0.39, 0.29) is 17.0 Å². The lowest BCUT2D eigenvalue weighted by atomic mass is 10.2. The fourth-order valence-electron chi connectivity index (χ4n) is 2.08. The maximum atomic E-state index is 12.0. The fourth-order valence-corrected chi connectivity index (χ4v) is 2.08. The molecule has 2 aromatic heterocycles. The number of hydrogen-bond donors (Lipinski definition) is 3. The van der Waals surface area contributed by atoms with Crippen molar-refractivity contribution in [2.75, 3.05) is 5.32 Å². The summed E-state index contributed by atoms with van der Waals surface area (Å²) in [5.41, 5.74) is -0.425. The van der Waals surface area contributed by atoms with E-state index in [1.165, 1.54) is 10.7 Å². The fraction of sp³-hybridized carbons (Fsp3) is 0. The summed E-state index contributed by atoms with van der Waals surface area (Å²) in [5, 5.41) is 25.1. The molecule has 0 atom stereocenters. The molecule has 3 rings (SSSR count). The van der Waals surface area contributed by atoms with Crippen molar-refractivity contribution in [1.82, 2.24) is 14.6 Å². The number of aromatic amines is 1. The van der Waals surface area contributed by atoms with Gasteiger partial charge >= 0.3 is 5.97 Å². The minimum atomic E-state index is -1.39. The monoisotopic (exact) mass is 295 g/mol. The molecule has 0 aliphatic rings. The Balaban J connectivity index is 2.32. The number of anilines is 2. The number of carboxylic acids is 1. The van der Waals surface area contributed by atoms with Crippen LogP contribution in [0.3, 0.4) is 0 Å². The zero-order chi connectivity index (χ0) is 15.7. The average Bonchev–Trinajstić information content (AvgIpc) is 2.90. The minimum absolute atomic E-state index is 0.0149. The highest BCUT2D eigenvalue weighted by Gasteiger charge is 2.21. The molecule has 0 radical (unpaired) electrons. The van der Waals surface area contributed by atoms with Gasteiger partial charge in [-0.1, -0.05) is 18.2 Å². The highest BCUT2D eigenvalue weighted by Crippen LogP contribution is 2.20. The van der Waals surface area contributed by atoms with Gasteiger partial charge in [0.1, 0.15) is 11.6 Å². The van der Waals surface area contributed by atoms with Crippen LogP contribution in [0, 0.1) is 11.3 Å². The molecule has 8 nitrogen and oxygen atoms in total. The predicted molar refractivity (Wildman–Crippen MR) is 77.2 cm³/mol. The van der Waals surface area contributed by atoms with Crippen molar-refractivity contribution in [3.8, 4) is 6.07 Å². The van der Waals surface area contributed by atoms with E-state index in [0.717, 1.165) is 0 Å². The van der Waals surface area contributed by atoms with Crippen molar-refractivity contribution in [1.29, 1.82) is 5.26 Å². The highest BCUT2D eigenvalue weighted by atomic mass is 16.4. The second-order valence-electron chi connectivity index (χ2n) is 4.40. The number of para-hydroxylation sites is 1. The third kappa shape index (κ3) is 2.06. The molecule has 2 heterocycles. The lowest BCUT2D eigenvalue weighted by Crippen LogP contribution is -2.23. The van der Waals surface area contributed by atoms with Gasteiger partial charge in [0.15, 0.2) is 17.0 Å². The van der Waals surface area contributed by atoms with Crippen LogP contribution in [0.2, 0.25) is 0 Å². The Bertz CT molecular complexity index is 966. The highest BCUT2D eigenvalue weighted by molar-refractivity contribution is 5.94. The molecular weight excluding hydrogens is 286 g/mol. The topological polar surface area (TPSA) is 123 Å². The van der Waals surface area contributed by atoms with E-state index in [4.69, 9.17) is 5.26 Å². The largest absolute Gasteiger partial charge is 0.477 e. The van der Waals surface area contributed by atoms with Crippen LogP contribution in [-0.4, -0.2) is 25.7 Å². The van der Waals surface area contributed by atoms with Crippen LogP contribution in [0.25, 0.3) is 5.65 Å². The normalized spacial score (nSPS) is 10.3. The number of carboxylic acid groups (broad SMARTS) is 1. The summed E-state index contributed by atoms with van der Waals surface area (Å²) in [7, 11) is 0. The minimum Gasteiger partial charge on any atom is -0.477 e. The first kappa shape index (κ1) is 13.4. The van der Waals surface area contributed by atoms with Crippen LogP contribution in [0.15, 0.2) is 41.3 Å². The van der Waals surface area contributed by atoms with Crippen LogP contribution >= 0.6 is 0 Å². The van der Waals surface area contributed by atoms with E-state index in [0.29, 0.717) is 5.69 Å². The number of carbonyl (C=O) groups is 1. The third-order valence-corrected chi connectivity index (χ3v) is 3.05. The van der Waals surface area contributed by atoms with Crippen molar-refractivity contribution >= 4 is 23.1 Å². The number of H-pyrrole nitrogens is 1. The Morgan fingerprint density at radius 2 is 2.09 bits per heavy atom. The zero-order valence-electron chi connectivity index (χ0n) is 11.1. The van der Waals surface area contributed by atoms with E-state index in [1.807, 2.05) is 6.07 Å². The lowest BCUT2D eigenvalue weighted by Gasteiger charge is -2.10. The van der Waals surface area contributed by atoms with Gasteiger partial charge in [-0.05, 0) is 12.1 Å². The van der Waals surface area contributed by atoms with Gasteiger partial charge in [-0.3, -0.25) is 4.79 Å². The molecule has 22 heavy (non-hydrogen) atoms. The zero-order valence-corrected chi connectivity index (χ0v) is 11.1. The Morgan fingerprint density at radius 1 is 1.36 bits per heavy atom. The van der Waals surface area contributed by atoms with Gasteiger partial charge in [0, 0.05) is 5.69 Å². The molecule has 0 unspecified atom stereocenters. The number of rotatable bonds is 3. The number of nitrogens with zero attached hydrogens (tertiary/aromatic N) is 3. The summed E-state index contributed by atoms with van der Waals surface area (Å²) in [6.07, 6.45) is 1.26. The number of aromatic carboxylic acids is 1. The molecule has 3 aromatic rings. The first-order chi connectivity index (χ1) is 10.6. The molecule has 0 fully saturated rings. The van der Waals surface area contributed by atoms with E-state index < -0.39 is 17.1 Å². The van der Waals surface area contributed by atoms with Gasteiger partial charge in [-0.15, -0.1) is 0 Å². The molecular formula is C14H9N5O3. The molecule has 108 valence electrons. The van der Waals surface area contributed by atoms with Gasteiger partial charge in [0.2, 0.25) is 0 Å². The average molecular weight is 295 g/mol. The molecule has 0 amide bonds. The molecule has 0 aliphatic carbocycles. The van der Waals surface area contributed by atoms with Gasteiger partial charge in [0.25, 0.3) is 5.56 Å². The van der Waals surface area contributed by atoms with Crippen LogP contribution in [0.4, 0.5) is 11.5 Å². The van der Waals surface area contributed by atoms with E-state index in [2.05, 4.69) is 15.4 Å². The Kier molecular flexibility index (Phi) is 3.08. The van der Waals surface area contributed by atoms with E-state index in [1.54, 1.807) is 30.3 Å². The standard InChI is InChI=1S/C14H9N5O3/c15-6-8-7-16-19-11(8)18-13(20)10(14(21)22)12(19)17-9-4-2-1-3-5-9/h1-5,7,17H,(H,18,20)(H,21,22). The number of nitriles is 1. The number of nitrogens with one attached hydrogen (secondary N) is 2. The van der Waals surface area contributed by atoms with Crippen LogP contribution in [0.1, 0.15) is 15.9 Å². The summed E-state index contributed by atoms with van der Waals surface area (Å²) in [6, 6.07) is 10.6. The summed E-state index contributed by atoms with van der Waals surface area (Å²) >= 11 is 0. The van der Waals surface area contributed by atoms with Crippen molar-refractivity contribution in [2.24, 2.45) is 0 Å². The van der Waals surface area contributed by atoms with Gasteiger partial charge in [-0.25, -0.2) is 4.79 Å². The summed E-state index contributed by atoms with van der Waals surface area (Å²) in [4.78, 5) is 25.8. The molecule has 0 bridgehead atoms. The smallest absolute Gasteiger partial charge is 0.345 e. The summed E-state index contributed by atoms with van der Waals surface area (Å²) in [5.74, 6) is -1.41. The number of aromatic nitrogens is 3. The quantitative estimate of drug-likeness (QED) is 0.670. The number of fused-ring (bicyclic) bond motifs is 1. The Morgan fingerprint density at radius 3 is 2.73 bits per heavy atom. The van der Waals surface area contributed by atoms with Crippen molar-refractivity contribution in [3.63, 3.8) is 0 Å². The van der Waals surface area contributed by atoms with Crippen molar-refractivity contribution in [2.45, 2.75) is 0 Å². The maximum Gasteiger partial charge on any atom is 0.345 e. The first-order valence-corrected chi connectivity index (χ1v) is 6.21. The van der Waals surface area contributed by atoms with Crippen LogP contribution in [0.5, 0.6) is 0 Å². The molecule has 0 saturated carbocycles. The SMILES string of the molecule is N#Cc1cnn2c(Nc3ccccc3)c(C(=O)O)c(=O)[nH]c12. The van der Waals surface area contributed by atoms with E-state index >= 15 is 0 Å². The molecule has 3 N–H and O–H groups in total. The molecule has 1 aromatic carbocycles. The van der Waals surface area contributed by atoms with Crippen LogP contribution in [-0.2, 0) is 0 Å². The van der Waals surface area contributed by atoms with Gasteiger partial charge in [0.05, 0.1) is 6.20 Å². The summed E-state index contributed by atoms with van der Waals surface area (Å²) < 4.78 is 1.19. The Labute approximate surface area is 123 Å². The second kappa shape index (κ2) is 5.06. The van der Waals surface area contributed by atoms with Crippen molar-refractivity contribution < 1.29 is 9.90 Å². The molecule has 8 heteroatoms. The maximum absolute atomic E-state index is 12.0. The van der Waals surface area contributed by atoms with Gasteiger partial charge in [-0.2, -0.15) is 14.9 Å². The van der Waals surface area contributed by atoms with Gasteiger partial charge < -0.3 is 15.4 Å². The summed E-state index contributed by atoms with van der Waals surface area (Å²) in [6.45, 7) is 0. The Hall–Kier alpha value is -3.60. The first-order valence-electron chi connectivity index (χ1n) is 6.21. The molecule has 0 aliphatic heterocycles. The van der Waals surface area contributed by atoms with Crippen molar-refractivity contribution in [3.05, 3.63) is 58.0 Å². The number of hydrogen-bond acceptors (Lipinski definition) is 5. The van der Waals surface area contributed by atoms with E-state index in [9.17, 15) is 14.7 Å². The third-order valence-electron chi connectivity index (χ3n) is 3.05. The number of benzene rings is 1. The van der Waals surface area contributed by atoms with Crippen LogP contribution < -0.4 is 10.9 Å². The lowest BCUT2D eigenvalue weighted by molar-refractivity contribution is 0.0695. The molecule has 0 saturated heterocycles. The molecule has 0 spiro atoms.